The summed E-state index contributed by atoms with van der Waals surface area (Å²) in [6.07, 6.45) is 2.40. The zero-order valence-corrected chi connectivity index (χ0v) is 17.7. The van der Waals surface area contributed by atoms with E-state index in [2.05, 4.69) is 0 Å². The van der Waals surface area contributed by atoms with Crippen molar-refractivity contribution in [3.63, 3.8) is 0 Å². The van der Waals surface area contributed by atoms with Gasteiger partial charge in [-0.25, -0.2) is 0 Å². The van der Waals surface area contributed by atoms with Crippen LogP contribution >= 0.6 is 0 Å². The van der Waals surface area contributed by atoms with Gasteiger partial charge >= 0.3 is 11.9 Å². The summed E-state index contributed by atoms with van der Waals surface area (Å²) >= 11 is 0. The molecule has 7 heteroatoms. The molecule has 0 aromatic carbocycles. The van der Waals surface area contributed by atoms with E-state index >= 15 is 0 Å². The maximum Gasteiger partial charge on any atom is 0.312 e. The van der Waals surface area contributed by atoms with E-state index in [4.69, 9.17) is 9.47 Å². The number of ether oxygens (including phenoxy) is 2. The van der Waals surface area contributed by atoms with Gasteiger partial charge in [0.25, 0.3) is 0 Å². The van der Waals surface area contributed by atoms with Crippen LogP contribution in [0.4, 0.5) is 0 Å². The van der Waals surface area contributed by atoms with Crippen LogP contribution in [-0.4, -0.2) is 57.3 Å². The van der Waals surface area contributed by atoms with E-state index in [9.17, 15) is 24.9 Å². The molecular weight excluding hydrogens is 376 g/mol. The Morgan fingerprint density at radius 2 is 1.97 bits per heavy atom. The van der Waals surface area contributed by atoms with Crippen LogP contribution in [0.3, 0.4) is 0 Å². The normalized spacial score (nSPS) is 49.3. The second-order valence-electron chi connectivity index (χ2n) is 9.16. The van der Waals surface area contributed by atoms with Crippen LogP contribution in [0.5, 0.6) is 0 Å². The third-order valence-corrected chi connectivity index (χ3v) is 7.27. The minimum atomic E-state index is -1.86. The smallest absolute Gasteiger partial charge is 0.312 e. The number of allylic oxidation sites excluding steroid dienone is 1. The highest BCUT2D eigenvalue weighted by atomic mass is 16.6. The Labute approximate surface area is 171 Å². The number of hydrogen-bond acceptors (Lipinski definition) is 7. The lowest BCUT2D eigenvalue weighted by atomic mass is 9.56. The zero-order valence-electron chi connectivity index (χ0n) is 17.7. The molecule has 3 aliphatic rings. The Morgan fingerprint density at radius 3 is 2.59 bits per heavy atom. The molecule has 0 spiro atoms. The maximum atomic E-state index is 12.3. The fourth-order valence-electron chi connectivity index (χ4n) is 5.35. The Balaban J connectivity index is 2.19. The highest BCUT2D eigenvalue weighted by Gasteiger charge is 2.64. The molecule has 0 bridgehead atoms. The van der Waals surface area contributed by atoms with Gasteiger partial charge in [-0.2, -0.15) is 0 Å². The van der Waals surface area contributed by atoms with Crippen molar-refractivity contribution in [2.24, 2.45) is 23.2 Å². The van der Waals surface area contributed by atoms with E-state index in [1.165, 1.54) is 6.92 Å². The first-order chi connectivity index (χ1) is 13.4. The maximum absolute atomic E-state index is 12.3. The van der Waals surface area contributed by atoms with E-state index in [0.717, 1.165) is 5.57 Å². The van der Waals surface area contributed by atoms with Gasteiger partial charge in [0, 0.05) is 18.3 Å². The SMILES string of the molecule is CC(=O)O[C@H]1CC/C(C)=C\[C@@H]2OC(=O)[C@H](C)[C@@]2(O)[C@@H](O)[C@H]2[C@@H](C)[C@H](O)C=C[C@@]21C. The fourth-order valence-corrected chi connectivity index (χ4v) is 5.35. The van der Waals surface area contributed by atoms with Crippen molar-refractivity contribution in [1.29, 1.82) is 0 Å². The van der Waals surface area contributed by atoms with Gasteiger partial charge in [0.15, 0.2) is 6.10 Å². The van der Waals surface area contributed by atoms with Crippen molar-refractivity contribution < 1.29 is 34.4 Å². The van der Waals surface area contributed by atoms with Crippen molar-refractivity contribution in [2.45, 2.75) is 77.5 Å². The summed E-state index contributed by atoms with van der Waals surface area (Å²) in [6, 6.07) is 0. The number of esters is 2. The van der Waals surface area contributed by atoms with Crippen LogP contribution in [0.2, 0.25) is 0 Å². The molecule has 1 heterocycles. The van der Waals surface area contributed by atoms with Gasteiger partial charge in [0.1, 0.15) is 11.7 Å². The molecule has 3 rings (SSSR count). The molecule has 3 N–H and O–H groups in total. The summed E-state index contributed by atoms with van der Waals surface area (Å²) in [5.41, 5.74) is -1.84. The van der Waals surface area contributed by atoms with Crippen molar-refractivity contribution in [3.05, 3.63) is 23.8 Å². The average molecular weight is 408 g/mol. The molecule has 0 saturated carbocycles. The Hall–Kier alpha value is -1.70. The van der Waals surface area contributed by atoms with Gasteiger partial charge in [-0.05, 0) is 38.7 Å². The van der Waals surface area contributed by atoms with Crippen LogP contribution in [0.15, 0.2) is 23.8 Å². The molecule has 7 nitrogen and oxygen atoms in total. The minimum Gasteiger partial charge on any atom is -0.462 e. The number of carbonyl (C=O) groups excluding carboxylic acids is 2. The van der Waals surface area contributed by atoms with Crippen LogP contribution in [0.1, 0.15) is 47.5 Å². The number of rotatable bonds is 1. The quantitative estimate of drug-likeness (QED) is 0.445. The second kappa shape index (κ2) is 7.52. The van der Waals surface area contributed by atoms with Gasteiger partial charge in [0.05, 0.1) is 18.1 Å². The summed E-state index contributed by atoms with van der Waals surface area (Å²) in [5.74, 6) is -3.08. The first-order valence-corrected chi connectivity index (χ1v) is 10.3. The van der Waals surface area contributed by atoms with Gasteiger partial charge < -0.3 is 24.8 Å². The molecule has 162 valence electrons. The molecule has 0 unspecified atom stereocenters. The second-order valence-corrected chi connectivity index (χ2v) is 9.16. The van der Waals surface area contributed by atoms with Crippen molar-refractivity contribution in [3.8, 4) is 0 Å². The average Bonchev–Trinajstić information content (AvgIpc) is 2.85. The third-order valence-electron chi connectivity index (χ3n) is 7.27. The summed E-state index contributed by atoms with van der Waals surface area (Å²) in [4.78, 5) is 24.2. The highest BCUT2D eigenvalue weighted by molar-refractivity contribution is 5.77. The van der Waals surface area contributed by atoms with Gasteiger partial charge in [-0.15, -0.1) is 0 Å². The molecule has 0 aromatic rings. The molecule has 0 aromatic heterocycles. The Kier molecular flexibility index (Phi) is 5.71. The molecule has 29 heavy (non-hydrogen) atoms. The van der Waals surface area contributed by atoms with E-state index < -0.39 is 65.1 Å². The number of aliphatic hydroxyl groups is 3. The van der Waals surface area contributed by atoms with Crippen molar-refractivity contribution >= 4 is 11.9 Å². The number of aliphatic hydroxyl groups excluding tert-OH is 2. The lowest BCUT2D eigenvalue weighted by Crippen LogP contribution is -2.63. The Morgan fingerprint density at radius 1 is 1.31 bits per heavy atom. The molecule has 0 radical (unpaired) electrons. The number of hydrogen-bond donors (Lipinski definition) is 3. The molecule has 2 aliphatic carbocycles. The molecule has 1 saturated heterocycles. The number of fused-ring (bicyclic) bond motifs is 2. The predicted octanol–water partition coefficient (Wildman–Crippen LogP) is 1.50. The largest absolute Gasteiger partial charge is 0.462 e. The predicted molar refractivity (Wildman–Crippen MR) is 104 cm³/mol. The first kappa shape index (κ1) is 22.0. The molecule has 9 atom stereocenters. The van der Waals surface area contributed by atoms with Crippen molar-refractivity contribution in [1.82, 2.24) is 0 Å². The molecular formula is C22H32O7. The van der Waals surface area contributed by atoms with Gasteiger partial charge in [0.2, 0.25) is 0 Å². The summed E-state index contributed by atoms with van der Waals surface area (Å²) < 4.78 is 11.1. The molecule has 1 fully saturated rings. The van der Waals surface area contributed by atoms with Gasteiger partial charge in [-0.3, -0.25) is 9.59 Å². The van der Waals surface area contributed by atoms with E-state index in [-0.39, 0.29) is 0 Å². The van der Waals surface area contributed by atoms with Gasteiger partial charge in [-0.1, -0.05) is 31.6 Å². The number of carbonyl (C=O) groups is 2. The third kappa shape index (κ3) is 3.43. The lowest BCUT2D eigenvalue weighted by molar-refractivity contribution is -0.190. The fraction of sp³-hybridized carbons (Fsp3) is 0.727. The van der Waals surface area contributed by atoms with Crippen LogP contribution in [0.25, 0.3) is 0 Å². The summed E-state index contributed by atoms with van der Waals surface area (Å²) in [7, 11) is 0. The van der Waals surface area contributed by atoms with E-state index in [1.807, 2.05) is 13.8 Å². The Bertz CT molecular complexity index is 743. The standard InChI is InChI=1S/C22H32O7/c1-11-6-7-16(28-14(4)23)21(5)9-8-15(24)12(2)18(21)19(25)22(27)13(3)20(26)29-17(22)10-11/h8-10,12-13,15-19,24-25,27H,6-7H2,1-5H3/b11-10-/t12-,13-,15+,16-,17-,18+,19-,21+,22-/m0/s1. The minimum absolute atomic E-state index is 0.431. The first-order valence-electron chi connectivity index (χ1n) is 10.3. The lowest BCUT2D eigenvalue weighted by Gasteiger charge is -2.52. The van der Waals surface area contributed by atoms with Crippen LogP contribution in [0, 0.1) is 23.2 Å². The van der Waals surface area contributed by atoms with Crippen LogP contribution in [-0.2, 0) is 19.1 Å². The zero-order chi connectivity index (χ0) is 21.7. The van der Waals surface area contributed by atoms with Crippen LogP contribution < -0.4 is 0 Å². The van der Waals surface area contributed by atoms with E-state index in [0.29, 0.717) is 12.8 Å². The van der Waals surface area contributed by atoms with Crippen molar-refractivity contribution in [2.75, 3.05) is 0 Å². The summed E-state index contributed by atoms with van der Waals surface area (Å²) in [6.45, 7) is 8.41. The summed E-state index contributed by atoms with van der Waals surface area (Å²) in [5, 5.41) is 33.7. The molecule has 0 amide bonds. The molecule has 1 aliphatic heterocycles. The highest BCUT2D eigenvalue weighted by Crippen LogP contribution is 2.52. The topological polar surface area (TPSA) is 113 Å². The van der Waals surface area contributed by atoms with E-state index in [1.54, 1.807) is 32.1 Å². The monoisotopic (exact) mass is 408 g/mol.